The van der Waals surface area contributed by atoms with Crippen molar-refractivity contribution >= 4 is 17.5 Å². The van der Waals surface area contributed by atoms with Crippen LogP contribution in [-0.4, -0.2) is 42.6 Å². The standard InChI is InChI=1S/C15H25N5O/c1-9(2)12-18-13(16-4)10(3)14(19-12)20-8-6-7-11(20)15(21)17-5/h9,11H,6-8H2,1-5H3,(H,17,21)(H,16,18,19). The van der Waals surface area contributed by atoms with E-state index in [0.29, 0.717) is 0 Å². The van der Waals surface area contributed by atoms with Gasteiger partial charge in [0, 0.05) is 32.1 Å². The highest BCUT2D eigenvalue weighted by Crippen LogP contribution is 2.31. The average Bonchev–Trinajstić information content (AvgIpc) is 2.95. The quantitative estimate of drug-likeness (QED) is 0.883. The lowest BCUT2D eigenvalue weighted by molar-refractivity contribution is -0.121. The van der Waals surface area contributed by atoms with E-state index in [0.717, 1.165) is 42.4 Å². The zero-order valence-corrected chi connectivity index (χ0v) is 13.5. The lowest BCUT2D eigenvalue weighted by atomic mass is 10.1. The molecule has 116 valence electrons. The maximum absolute atomic E-state index is 12.1. The first kappa shape index (κ1) is 15.5. The van der Waals surface area contributed by atoms with Gasteiger partial charge in [-0.3, -0.25) is 4.79 Å². The molecule has 2 heterocycles. The SMILES string of the molecule is CNC(=O)C1CCCN1c1nc(C(C)C)nc(NC)c1C. The Morgan fingerprint density at radius 2 is 2.05 bits per heavy atom. The molecule has 0 radical (unpaired) electrons. The van der Waals surface area contributed by atoms with E-state index in [1.54, 1.807) is 7.05 Å². The molecule has 0 aromatic carbocycles. The molecule has 1 fully saturated rings. The van der Waals surface area contributed by atoms with Gasteiger partial charge >= 0.3 is 0 Å². The van der Waals surface area contributed by atoms with Gasteiger partial charge in [0.15, 0.2) is 0 Å². The molecule has 2 rings (SSSR count). The lowest BCUT2D eigenvalue weighted by Gasteiger charge is -2.27. The Kier molecular flexibility index (Phi) is 4.65. The first-order valence-corrected chi connectivity index (χ1v) is 7.54. The van der Waals surface area contributed by atoms with E-state index in [1.807, 2.05) is 14.0 Å². The maximum atomic E-state index is 12.1. The van der Waals surface area contributed by atoms with Gasteiger partial charge in [-0.2, -0.15) is 0 Å². The summed E-state index contributed by atoms with van der Waals surface area (Å²) < 4.78 is 0. The van der Waals surface area contributed by atoms with Crippen LogP contribution in [0.2, 0.25) is 0 Å². The van der Waals surface area contributed by atoms with Crippen molar-refractivity contribution in [1.29, 1.82) is 0 Å². The van der Waals surface area contributed by atoms with Crippen LogP contribution in [-0.2, 0) is 4.79 Å². The van der Waals surface area contributed by atoms with Crippen molar-refractivity contribution in [3.8, 4) is 0 Å². The van der Waals surface area contributed by atoms with Crippen LogP contribution in [0, 0.1) is 6.92 Å². The van der Waals surface area contributed by atoms with E-state index in [4.69, 9.17) is 4.98 Å². The summed E-state index contributed by atoms with van der Waals surface area (Å²) in [5.74, 6) is 2.83. The monoisotopic (exact) mass is 291 g/mol. The predicted octanol–water partition coefficient (Wildman–Crippen LogP) is 1.66. The highest BCUT2D eigenvalue weighted by atomic mass is 16.2. The van der Waals surface area contributed by atoms with Gasteiger partial charge in [0.05, 0.1) is 0 Å². The van der Waals surface area contributed by atoms with Crippen molar-refractivity contribution in [2.45, 2.75) is 45.6 Å². The number of rotatable bonds is 4. The lowest BCUT2D eigenvalue weighted by Crippen LogP contribution is -2.42. The van der Waals surface area contributed by atoms with Crippen molar-refractivity contribution in [2.24, 2.45) is 0 Å². The molecule has 1 atom stereocenters. The smallest absolute Gasteiger partial charge is 0.242 e. The van der Waals surface area contributed by atoms with E-state index in [1.165, 1.54) is 0 Å². The summed E-state index contributed by atoms with van der Waals surface area (Å²) >= 11 is 0. The van der Waals surface area contributed by atoms with Gasteiger partial charge < -0.3 is 15.5 Å². The van der Waals surface area contributed by atoms with Crippen molar-refractivity contribution in [3.05, 3.63) is 11.4 Å². The van der Waals surface area contributed by atoms with Crippen molar-refractivity contribution < 1.29 is 4.79 Å². The number of likely N-dealkylation sites (N-methyl/N-ethyl adjacent to an activating group) is 1. The van der Waals surface area contributed by atoms with Gasteiger partial charge in [0.2, 0.25) is 5.91 Å². The molecule has 1 aromatic heterocycles. The summed E-state index contributed by atoms with van der Waals surface area (Å²) in [7, 11) is 3.55. The largest absolute Gasteiger partial charge is 0.373 e. The minimum absolute atomic E-state index is 0.0580. The summed E-state index contributed by atoms with van der Waals surface area (Å²) in [6.45, 7) is 7.02. The Morgan fingerprint density at radius 1 is 1.33 bits per heavy atom. The van der Waals surface area contributed by atoms with E-state index < -0.39 is 0 Å². The van der Waals surface area contributed by atoms with E-state index in [2.05, 4.69) is 34.4 Å². The number of carbonyl (C=O) groups is 1. The normalized spacial score (nSPS) is 18.2. The molecule has 0 spiro atoms. The van der Waals surface area contributed by atoms with Crippen LogP contribution in [0.3, 0.4) is 0 Å². The van der Waals surface area contributed by atoms with E-state index in [-0.39, 0.29) is 17.9 Å². The Morgan fingerprint density at radius 3 is 2.62 bits per heavy atom. The number of nitrogens with one attached hydrogen (secondary N) is 2. The topological polar surface area (TPSA) is 70.2 Å². The first-order chi connectivity index (χ1) is 9.99. The van der Waals surface area contributed by atoms with E-state index in [9.17, 15) is 4.79 Å². The molecule has 0 aliphatic carbocycles. The van der Waals surface area contributed by atoms with Crippen molar-refractivity contribution in [1.82, 2.24) is 15.3 Å². The number of nitrogens with zero attached hydrogens (tertiary/aromatic N) is 3. The number of aromatic nitrogens is 2. The minimum atomic E-state index is -0.131. The van der Waals surface area contributed by atoms with Crippen LogP contribution in [0.1, 0.15) is 44.0 Å². The zero-order chi connectivity index (χ0) is 15.6. The molecule has 1 aromatic rings. The number of hydrogen-bond donors (Lipinski definition) is 2. The van der Waals surface area contributed by atoms with Crippen LogP contribution in [0.15, 0.2) is 0 Å². The van der Waals surface area contributed by atoms with Crippen LogP contribution in [0.4, 0.5) is 11.6 Å². The van der Waals surface area contributed by atoms with Gasteiger partial charge in [-0.15, -0.1) is 0 Å². The fourth-order valence-corrected chi connectivity index (χ4v) is 2.76. The molecule has 1 saturated heterocycles. The molecule has 0 saturated carbocycles. The summed E-state index contributed by atoms with van der Waals surface area (Å²) in [6.07, 6.45) is 1.88. The first-order valence-electron chi connectivity index (χ1n) is 7.54. The molecule has 1 aliphatic heterocycles. The summed E-state index contributed by atoms with van der Waals surface area (Å²) in [6, 6.07) is -0.131. The Hall–Kier alpha value is -1.85. The van der Waals surface area contributed by atoms with Crippen molar-refractivity contribution in [3.63, 3.8) is 0 Å². The minimum Gasteiger partial charge on any atom is -0.373 e. The Bertz CT molecular complexity index is 529. The molecule has 1 aliphatic rings. The molecule has 6 nitrogen and oxygen atoms in total. The van der Waals surface area contributed by atoms with Gasteiger partial charge in [0.1, 0.15) is 23.5 Å². The van der Waals surface area contributed by atoms with Gasteiger partial charge in [-0.1, -0.05) is 13.8 Å². The third-order valence-electron chi connectivity index (χ3n) is 3.96. The molecular weight excluding hydrogens is 266 g/mol. The summed E-state index contributed by atoms with van der Waals surface area (Å²) in [5, 5.41) is 5.89. The van der Waals surface area contributed by atoms with Crippen LogP contribution in [0.25, 0.3) is 0 Å². The number of hydrogen-bond acceptors (Lipinski definition) is 5. The third kappa shape index (κ3) is 2.94. The Labute approximate surface area is 126 Å². The van der Waals surface area contributed by atoms with E-state index >= 15 is 0 Å². The highest BCUT2D eigenvalue weighted by molar-refractivity contribution is 5.85. The molecular formula is C15H25N5O. The second-order valence-electron chi connectivity index (χ2n) is 5.75. The average molecular weight is 291 g/mol. The van der Waals surface area contributed by atoms with Gasteiger partial charge in [0.25, 0.3) is 0 Å². The number of carbonyl (C=O) groups excluding carboxylic acids is 1. The zero-order valence-electron chi connectivity index (χ0n) is 13.5. The molecule has 2 N–H and O–H groups in total. The maximum Gasteiger partial charge on any atom is 0.242 e. The van der Waals surface area contributed by atoms with Crippen LogP contribution >= 0.6 is 0 Å². The molecule has 1 amide bonds. The molecule has 0 bridgehead atoms. The second kappa shape index (κ2) is 6.28. The van der Waals surface area contributed by atoms with Crippen LogP contribution < -0.4 is 15.5 Å². The molecule has 6 heteroatoms. The highest BCUT2D eigenvalue weighted by Gasteiger charge is 2.32. The predicted molar refractivity (Wildman–Crippen MR) is 84.8 cm³/mol. The molecule has 21 heavy (non-hydrogen) atoms. The second-order valence-corrected chi connectivity index (χ2v) is 5.75. The Balaban J connectivity index is 2.46. The van der Waals surface area contributed by atoms with Crippen molar-refractivity contribution in [2.75, 3.05) is 30.9 Å². The summed E-state index contributed by atoms with van der Waals surface area (Å²) in [5.41, 5.74) is 0.998. The van der Waals surface area contributed by atoms with Crippen LogP contribution in [0.5, 0.6) is 0 Å². The molecule has 1 unspecified atom stereocenters. The van der Waals surface area contributed by atoms with Gasteiger partial charge in [-0.05, 0) is 19.8 Å². The third-order valence-corrected chi connectivity index (χ3v) is 3.96. The summed E-state index contributed by atoms with van der Waals surface area (Å²) in [4.78, 5) is 23.5. The fourth-order valence-electron chi connectivity index (χ4n) is 2.76. The number of amides is 1. The number of anilines is 2. The fraction of sp³-hybridized carbons (Fsp3) is 0.667. The van der Waals surface area contributed by atoms with Gasteiger partial charge in [-0.25, -0.2) is 9.97 Å².